The van der Waals surface area contributed by atoms with Crippen molar-refractivity contribution in [2.45, 2.75) is 13.0 Å². The van der Waals surface area contributed by atoms with Gasteiger partial charge in [-0.2, -0.15) is 0 Å². The van der Waals surface area contributed by atoms with Crippen LogP contribution in [0.4, 0.5) is 4.39 Å². The van der Waals surface area contributed by atoms with Gasteiger partial charge >= 0.3 is 0 Å². The predicted molar refractivity (Wildman–Crippen MR) is 74.1 cm³/mol. The molecule has 1 atom stereocenters. The molecule has 1 heterocycles. The number of hydrogen-bond donors (Lipinski definition) is 1. The lowest BCUT2D eigenvalue weighted by molar-refractivity contribution is 0.578. The molecule has 17 heavy (non-hydrogen) atoms. The first-order valence-electron chi connectivity index (χ1n) is 5.29. The monoisotopic (exact) mass is 313 g/mol. The minimum atomic E-state index is -0.167. The first-order valence-corrected chi connectivity index (χ1v) is 6.96. The van der Waals surface area contributed by atoms with Crippen LogP contribution in [0.15, 0.2) is 34.1 Å². The number of halogens is 2. The lowest BCUT2D eigenvalue weighted by Crippen LogP contribution is -2.18. The van der Waals surface area contributed by atoms with Crippen molar-refractivity contribution in [3.05, 3.63) is 55.9 Å². The molecule has 0 saturated heterocycles. The maximum absolute atomic E-state index is 13.9. The normalized spacial score (nSPS) is 12.7. The zero-order valence-corrected chi connectivity index (χ0v) is 12.0. The standard InChI is InChI=1S/C13H13BrFNS/c1-8-3-4-11(15)10(5-8)13(16-2)12-6-9(14)7-17-12/h3-7,13,16H,1-2H3. The summed E-state index contributed by atoms with van der Waals surface area (Å²) in [6.07, 6.45) is 0. The van der Waals surface area contributed by atoms with Gasteiger partial charge in [0.2, 0.25) is 0 Å². The Kier molecular flexibility index (Phi) is 3.97. The summed E-state index contributed by atoms with van der Waals surface area (Å²) in [5.41, 5.74) is 1.76. The van der Waals surface area contributed by atoms with Gasteiger partial charge < -0.3 is 5.32 Å². The van der Waals surface area contributed by atoms with Crippen LogP contribution in [0.2, 0.25) is 0 Å². The number of aryl methyl sites for hydroxylation is 1. The van der Waals surface area contributed by atoms with Crippen LogP contribution in [0, 0.1) is 12.7 Å². The maximum atomic E-state index is 13.9. The van der Waals surface area contributed by atoms with Crippen molar-refractivity contribution >= 4 is 27.3 Å². The second kappa shape index (κ2) is 5.29. The van der Waals surface area contributed by atoms with E-state index in [1.165, 1.54) is 6.07 Å². The first-order chi connectivity index (χ1) is 8.11. The number of rotatable bonds is 3. The van der Waals surface area contributed by atoms with E-state index in [4.69, 9.17) is 0 Å². The van der Waals surface area contributed by atoms with Gasteiger partial charge in [-0.25, -0.2) is 4.39 Å². The topological polar surface area (TPSA) is 12.0 Å². The molecule has 0 aliphatic rings. The van der Waals surface area contributed by atoms with Crippen molar-refractivity contribution in [1.29, 1.82) is 0 Å². The summed E-state index contributed by atoms with van der Waals surface area (Å²) in [4.78, 5) is 1.10. The molecule has 0 spiro atoms. The van der Waals surface area contributed by atoms with Crippen LogP contribution < -0.4 is 5.32 Å². The van der Waals surface area contributed by atoms with Gasteiger partial charge in [-0.3, -0.25) is 0 Å². The second-order valence-corrected chi connectivity index (χ2v) is 5.77. The Morgan fingerprint density at radius 2 is 2.12 bits per heavy atom. The van der Waals surface area contributed by atoms with E-state index in [0.29, 0.717) is 5.56 Å². The zero-order chi connectivity index (χ0) is 12.4. The van der Waals surface area contributed by atoms with E-state index in [2.05, 4.69) is 21.2 Å². The van der Waals surface area contributed by atoms with E-state index in [1.807, 2.05) is 31.5 Å². The third-order valence-electron chi connectivity index (χ3n) is 2.62. The molecule has 0 radical (unpaired) electrons. The molecule has 2 rings (SSSR count). The van der Waals surface area contributed by atoms with E-state index in [0.717, 1.165) is 14.9 Å². The molecule has 90 valence electrons. The molecule has 0 fully saturated rings. The van der Waals surface area contributed by atoms with Crippen molar-refractivity contribution in [3.63, 3.8) is 0 Å². The Morgan fingerprint density at radius 1 is 1.35 bits per heavy atom. The van der Waals surface area contributed by atoms with Crippen molar-refractivity contribution < 1.29 is 4.39 Å². The molecule has 1 N–H and O–H groups in total. The highest BCUT2D eigenvalue weighted by Gasteiger charge is 2.17. The van der Waals surface area contributed by atoms with Gasteiger partial charge in [0.05, 0.1) is 6.04 Å². The largest absolute Gasteiger partial charge is 0.309 e. The van der Waals surface area contributed by atoms with E-state index in [-0.39, 0.29) is 11.9 Å². The lowest BCUT2D eigenvalue weighted by Gasteiger charge is -2.16. The molecule has 4 heteroatoms. The third kappa shape index (κ3) is 2.76. The Morgan fingerprint density at radius 3 is 2.71 bits per heavy atom. The number of hydrogen-bond acceptors (Lipinski definition) is 2. The lowest BCUT2D eigenvalue weighted by atomic mass is 10.0. The third-order valence-corrected chi connectivity index (χ3v) is 4.38. The fourth-order valence-corrected chi connectivity index (χ4v) is 3.39. The van der Waals surface area contributed by atoms with Gasteiger partial charge in [-0.1, -0.05) is 17.7 Å². The van der Waals surface area contributed by atoms with E-state index < -0.39 is 0 Å². The molecule has 0 aliphatic carbocycles. The molecular weight excluding hydrogens is 301 g/mol. The number of benzene rings is 1. The second-order valence-electron chi connectivity index (χ2n) is 3.91. The summed E-state index contributed by atoms with van der Waals surface area (Å²) in [6, 6.07) is 7.14. The summed E-state index contributed by atoms with van der Waals surface area (Å²) < 4.78 is 14.9. The smallest absolute Gasteiger partial charge is 0.128 e. The Balaban J connectivity index is 2.45. The zero-order valence-electron chi connectivity index (χ0n) is 9.63. The summed E-state index contributed by atoms with van der Waals surface area (Å²) in [7, 11) is 1.85. The SMILES string of the molecule is CNC(c1cc(Br)cs1)c1cc(C)ccc1F. The van der Waals surface area contributed by atoms with Gasteiger partial charge in [0.25, 0.3) is 0 Å². The van der Waals surface area contributed by atoms with Gasteiger partial charge in [0.15, 0.2) is 0 Å². The molecule has 1 aromatic carbocycles. The summed E-state index contributed by atoms with van der Waals surface area (Å²) in [5.74, 6) is -0.167. The first kappa shape index (κ1) is 12.7. The molecule has 1 unspecified atom stereocenters. The Hall–Kier alpha value is -0.710. The van der Waals surface area contributed by atoms with Crippen molar-refractivity contribution in [2.75, 3.05) is 7.05 Å². The van der Waals surface area contributed by atoms with Crippen molar-refractivity contribution in [1.82, 2.24) is 5.32 Å². The van der Waals surface area contributed by atoms with Crippen molar-refractivity contribution in [3.8, 4) is 0 Å². The van der Waals surface area contributed by atoms with Gasteiger partial charge in [-0.15, -0.1) is 11.3 Å². The molecule has 0 amide bonds. The number of nitrogens with one attached hydrogen (secondary N) is 1. The van der Waals surface area contributed by atoms with Crippen LogP contribution in [0.5, 0.6) is 0 Å². The van der Waals surface area contributed by atoms with Crippen LogP contribution in [-0.2, 0) is 0 Å². The van der Waals surface area contributed by atoms with E-state index in [9.17, 15) is 4.39 Å². The van der Waals surface area contributed by atoms with Crippen LogP contribution >= 0.6 is 27.3 Å². The van der Waals surface area contributed by atoms with Gasteiger partial charge in [0, 0.05) is 20.3 Å². The van der Waals surface area contributed by atoms with Gasteiger partial charge in [0.1, 0.15) is 5.82 Å². The predicted octanol–water partition coefficient (Wildman–Crippen LogP) is 4.27. The fourth-order valence-electron chi connectivity index (χ4n) is 1.82. The van der Waals surface area contributed by atoms with Crippen LogP contribution in [0.1, 0.15) is 22.0 Å². The summed E-state index contributed by atoms with van der Waals surface area (Å²) in [5, 5.41) is 5.17. The van der Waals surface area contributed by atoms with Crippen LogP contribution in [0.25, 0.3) is 0 Å². The molecule has 0 bridgehead atoms. The fraction of sp³-hybridized carbons (Fsp3) is 0.231. The van der Waals surface area contributed by atoms with E-state index in [1.54, 1.807) is 17.4 Å². The van der Waals surface area contributed by atoms with E-state index >= 15 is 0 Å². The molecule has 2 aromatic rings. The molecule has 0 aliphatic heterocycles. The minimum absolute atomic E-state index is 0.0915. The maximum Gasteiger partial charge on any atom is 0.128 e. The molecular formula is C13H13BrFNS. The van der Waals surface area contributed by atoms with Crippen molar-refractivity contribution in [2.24, 2.45) is 0 Å². The summed E-state index contributed by atoms with van der Waals surface area (Å²) in [6.45, 7) is 1.97. The highest BCUT2D eigenvalue weighted by atomic mass is 79.9. The average Bonchev–Trinajstić information content (AvgIpc) is 2.71. The van der Waals surface area contributed by atoms with Gasteiger partial charge in [-0.05, 0) is 42.0 Å². The summed E-state index contributed by atoms with van der Waals surface area (Å²) >= 11 is 5.04. The quantitative estimate of drug-likeness (QED) is 0.892. The average molecular weight is 314 g/mol. The molecule has 1 nitrogen and oxygen atoms in total. The molecule has 1 aromatic heterocycles. The Bertz CT molecular complexity index is 524. The van der Waals surface area contributed by atoms with Crippen LogP contribution in [0.3, 0.4) is 0 Å². The minimum Gasteiger partial charge on any atom is -0.309 e. The number of thiophene rings is 1. The Labute approximate surface area is 113 Å². The molecule has 0 saturated carbocycles. The highest BCUT2D eigenvalue weighted by molar-refractivity contribution is 9.10. The highest BCUT2D eigenvalue weighted by Crippen LogP contribution is 2.31. The van der Waals surface area contributed by atoms with Crippen LogP contribution in [-0.4, -0.2) is 7.05 Å².